The van der Waals surface area contributed by atoms with Crippen molar-refractivity contribution in [3.63, 3.8) is 0 Å². The molecule has 4 heterocycles. The van der Waals surface area contributed by atoms with Crippen molar-refractivity contribution < 1.29 is 4.39 Å². The highest BCUT2D eigenvalue weighted by Crippen LogP contribution is 2.32. The van der Waals surface area contributed by atoms with Crippen LogP contribution in [0.3, 0.4) is 0 Å². The smallest absolute Gasteiger partial charge is 0.224 e. The van der Waals surface area contributed by atoms with Gasteiger partial charge < -0.3 is 16.4 Å². The quantitative estimate of drug-likeness (QED) is 0.289. The summed E-state index contributed by atoms with van der Waals surface area (Å²) in [6.07, 6.45) is 8.79. The second kappa shape index (κ2) is 9.35. The van der Waals surface area contributed by atoms with Crippen LogP contribution < -0.4 is 16.4 Å². The summed E-state index contributed by atoms with van der Waals surface area (Å²) >= 11 is 1.19. The van der Waals surface area contributed by atoms with Crippen molar-refractivity contribution >= 4 is 34.9 Å². The van der Waals surface area contributed by atoms with E-state index in [1.54, 1.807) is 33.6 Å². The topological polar surface area (TPSA) is 124 Å². The molecular weight excluding hydrogens is 455 g/mol. The molecule has 5 aromatic rings. The average molecular weight is 477 g/mol. The van der Waals surface area contributed by atoms with Crippen molar-refractivity contribution in [3.05, 3.63) is 67.3 Å². The molecule has 0 saturated heterocycles. The van der Waals surface area contributed by atoms with E-state index in [2.05, 4.69) is 35.8 Å². The van der Waals surface area contributed by atoms with Gasteiger partial charge in [-0.1, -0.05) is 23.9 Å². The standard InChI is InChI=1S/C22H21FN10S/c1-32-11-15(9-29-32)14-8-17-21(28-13-30-33(17)12-14)25-6-7-26-22-27-10-19(20(24)31-22)34-18-5-3-2-4-16(18)23/h2-5,8-13H,6-7H2,1H3,(H,25,28,30)(H3,24,26,27,31). The van der Waals surface area contributed by atoms with Crippen LogP contribution in [0.2, 0.25) is 0 Å². The lowest BCUT2D eigenvalue weighted by Gasteiger charge is -2.10. The lowest BCUT2D eigenvalue weighted by Crippen LogP contribution is -2.16. The summed E-state index contributed by atoms with van der Waals surface area (Å²) in [7, 11) is 1.88. The third-order valence-corrected chi connectivity index (χ3v) is 6.07. The normalized spacial score (nSPS) is 11.1. The molecular formula is C22H21FN10S. The maximum atomic E-state index is 13.9. The number of nitrogens with two attached hydrogens (primary N) is 1. The highest BCUT2D eigenvalue weighted by molar-refractivity contribution is 7.99. The molecule has 34 heavy (non-hydrogen) atoms. The number of nitrogen functional groups attached to an aromatic ring is 1. The predicted molar refractivity (Wildman–Crippen MR) is 129 cm³/mol. The molecule has 4 aromatic heterocycles. The van der Waals surface area contributed by atoms with Crippen molar-refractivity contribution in [3.8, 4) is 11.1 Å². The van der Waals surface area contributed by atoms with E-state index in [1.807, 2.05) is 31.7 Å². The number of halogens is 1. The zero-order valence-corrected chi connectivity index (χ0v) is 19.0. The molecule has 0 unspecified atom stereocenters. The third kappa shape index (κ3) is 4.62. The zero-order chi connectivity index (χ0) is 23.5. The molecule has 172 valence electrons. The Morgan fingerprint density at radius 3 is 2.65 bits per heavy atom. The Hall–Kier alpha value is -4.19. The summed E-state index contributed by atoms with van der Waals surface area (Å²) < 4.78 is 17.4. The molecule has 0 atom stereocenters. The number of aryl methyl sites for hydroxylation is 1. The fourth-order valence-electron chi connectivity index (χ4n) is 3.34. The van der Waals surface area contributed by atoms with Crippen LogP contribution >= 0.6 is 11.8 Å². The lowest BCUT2D eigenvalue weighted by molar-refractivity contribution is 0.602. The van der Waals surface area contributed by atoms with Crippen LogP contribution in [-0.4, -0.2) is 47.4 Å². The number of benzene rings is 1. The second-order valence-electron chi connectivity index (χ2n) is 7.40. The van der Waals surface area contributed by atoms with Gasteiger partial charge in [-0.15, -0.1) is 0 Å². The molecule has 0 aliphatic heterocycles. The van der Waals surface area contributed by atoms with E-state index in [9.17, 15) is 4.39 Å². The summed E-state index contributed by atoms with van der Waals surface area (Å²) in [5.41, 5.74) is 8.92. The van der Waals surface area contributed by atoms with Gasteiger partial charge in [-0.3, -0.25) is 4.68 Å². The Kier molecular flexibility index (Phi) is 5.95. The van der Waals surface area contributed by atoms with E-state index < -0.39 is 0 Å². The predicted octanol–water partition coefficient (Wildman–Crippen LogP) is 3.32. The summed E-state index contributed by atoms with van der Waals surface area (Å²) in [6.45, 7) is 1.10. The number of nitrogens with one attached hydrogen (secondary N) is 2. The molecule has 0 aliphatic carbocycles. The van der Waals surface area contributed by atoms with E-state index in [1.165, 1.54) is 24.2 Å². The zero-order valence-electron chi connectivity index (χ0n) is 18.2. The van der Waals surface area contributed by atoms with Gasteiger partial charge in [0.15, 0.2) is 5.82 Å². The van der Waals surface area contributed by atoms with Gasteiger partial charge in [0, 0.05) is 54.8 Å². The van der Waals surface area contributed by atoms with E-state index in [0.717, 1.165) is 16.6 Å². The number of hydrogen-bond donors (Lipinski definition) is 3. The number of aromatic nitrogens is 7. The van der Waals surface area contributed by atoms with E-state index in [0.29, 0.717) is 34.6 Å². The first-order chi connectivity index (χ1) is 16.6. The molecule has 0 aliphatic rings. The maximum Gasteiger partial charge on any atom is 0.224 e. The fourth-order valence-corrected chi connectivity index (χ4v) is 4.15. The van der Waals surface area contributed by atoms with Gasteiger partial charge in [-0.2, -0.15) is 15.2 Å². The Morgan fingerprint density at radius 2 is 1.85 bits per heavy atom. The first-order valence-electron chi connectivity index (χ1n) is 10.4. The van der Waals surface area contributed by atoms with Gasteiger partial charge in [0.25, 0.3) is 0 Å². The summed E-state index contributed by atoms with van der Waals surface area (Å²) in [5, 5.41) is 14.9. The van der Waals surface area contributed by atoms with Crippen molar-refractivity contribution in [1.82, 2.24) is 34.3 Å². The van der Waals surface area contributed by atoms with E-state index in [4.69, 9.17) is 5.73 Å². The molecule has 12 heteroatoms. The van der Waals surface area contributed by atoms with Crippen molar-refractivity contribution in [1.29, 1.82) is 0 Å². The third-order valence-electron chi connectivity index (χ3n) is 4.98. The van der Waals surface area contributed by atoms with Gasteiger partial charge in [0.05, 0.1) is 11.1 Å². The molecule has 1 aromatic carbocycles. The van der Waals surface area contributed by atoms with Gasteiger partial charge >= 0.3 is 0 Å². The maximum absolute atomic E-state index is 13.9. The van der Waals surface area contributed by atoms with Gasteiger partial charge in [0.1, 0.15) is 23.5 Å². The van der Waals surface area contributed by atoms with Crippen molar-refractivity contribution in [2.75, 3.05) is 29.5 Å². The minimum absolute atomic E-state index is 0.285. The van der Waals surface area contributed by atoms with Gasteiger partial charge in [-0.25, -0.2) is 18.9 Å². The van der Waals surface area contributed by atoms with Gasteiger partial charge in [-0.05, 0) is 18.2 Å². The minimum atomic E-state index is -0.311. The molecule has 0 bridgehead atoms. The SMILES string of the molecule is Cn1cc(-c2cc3c(NCCNc4ncc(Sc5ccccc5F)c(N)n4)ncnn3c2)cn1. The number of fused-ring (bicyclic) bond motifs is 1. The minimum Gasteiger partial charge on any atom is -0.383 e. The fraction of sp³-hybridized carbons (Fsp3) is 0.136. The Labute approximate surface area is 198 Å². The molecule has 5 rings (SSSR count). The van der Waals surface area contributed by atoms with Crippen LogP contribution in [0.1, 0.15) is 0 Å². The average Bonchev–Trinajstić information content (AvgIpc) is 3.46. The Morgan fingerprint density at radius 1 is 1.00 bits per heavy atom. The number of nitrogens with zero attached hydrogens (tertiary/aromatic N) is 7. The summed E-state index contributed by atoms with van der Waals surface area (Å²) in [4.78, 5) is 14.0. The Bertz CT molecular complexity index is 1450. The molecule has 0 radical (unpaired) electrons. The number of anilines is 3. The highest BCUT2D eigenvalue weighted by atomic mass is 32.2. The van der Waals surface area contributed by atoms with Crippen molar-refractivity contribution in [2.24, 2.45) is 7.05 Å². The Balaban J connectivity index is 1.20. The summed E-state index contributed by atoms with van der Waals surface area (Å²) in [6, 6.07) is 8.52. The lowest BCUT2D eigenvalue weighted by atomic mass is 10.2. The van der Waals surface area contributed by atoms with Crippen LogP contribution in [0.15, 0.2) is 71.2 Å². The monoisotopic (exact) mass is 476 g/mol. The molecule has 10 nitrogen and oxygen atoms in total. The first-order valence-corrected chi connectivity index (χ1v) is 11.2. The van der Waals surface area contributed by atoms with Crippen LogP contribution in [0, 0.1) is 5.82 Å². The number of hydrogen-bond acceptors (Lipinski definition) is 9. The largest absolute Gasteiger partial charge is 0.383 e. The van der Waals surface area contributed by atoms with Crippen LogP contribution in [0.4, 0.5) is 22.0 Å². The van der Waals surface area contributed by atoms with E-state index >= 15 is 0 Å². The van der Waals surface area contributed by atoms with Crippen molar-refractivity contribution in [2.45, 2.75) is 9.79 Å². The van der Waals surface area contributed by atoms with Crippen LogP contribution in [0.25, 0.3) is 16.6 Å². The van der Waals surface area contributed by atoms with Gasteiger partial charge in [0.2, 0.25) is 5.95 Å². The molecule has 0 saturated carbocycles. The number of rotatable bonds is 8. The summed E-state index contributed by atoms with van der Waals surface area (Å²) in [5.74, 6) is 1.08. The highest BCUT2D eigenvalue weighted by Gasteiger charge is 2.11. The van der Waals surface area contributed by atoms with Crippen LogP contribution in [-0.2, 0) is 7.05 Å². The first kappa shape index (κ1) is 21.6. The second-order valence-corrected chi connectivity index (χ2v) is 8.48. The van der Waals surface area contributed by atoms with Crippen LogP contribution in [0.5, 0.6) is 0 Å². The molecule has 0 spiro atoms. The molecule has 0 amide bonds. The van der Waals surface area contributed by atoms with E-state index in [-0.39, 0.29) is 11.6 Å². The molecule has 4 N–H and O–H groups in total. The molecule has 0 fully saturated rings.